The Bertz CT molecular complexity index is 539. The van der Waals surface area contributed by atoms with Crippen molar-refractivity contribution in [3.05, 3.63) is 33.4 Å². The molecule has 1 heterocycles. The number of nitro benzene ring substituents is 1. The van der Waals surface area contributed by atoms with Crippen molar-refractivity contribution in [1.82, 2.24) is 0 Å². The second-order valence-corrected chi connectivity index (χ2v) is 5.88. The summed E-state index contributed by atoms with van der Waals surface area (Å²) >= 11 is 1.85. The normalized spacial score (nSPS) is 15.8. The smallest absolute Gasteiger partial charge is 0.336 e. The van der Waals surface area contributed by atoms with E-state index in [-0.39, 0.29) is 11.3 Å². The van der Waals surface area contributed by atoms with Gasteiger partial charge in [0.2, 0.25) is 0 Å². The molecule has 1 fully saturated rings. The fraction of sp³-hybridized carbons (Fsp3) is 0.462. The average Bonchev–Trinajstić information content (AvgIpc) is 2.67. The molecule has 1 saturated heterocycles. The molecule has 7 heteroatoms. The molecule has 0 radical (unpaired) electrons. The number of benzene rings is 1. The Morgan fingerprint density at radius 3 is 2.80 bits per heavy atom. The second-order valence-electron chi connectivity index (χ2n) is 4.65. The number of hydrogen-bond acceptors (Lipinski definition) is 5. The minimum Gasteiger partial charge on any atom is -0.478 e. The molecular weight excluding hydrogens is 280 g/mol. The maximum atomic E-state index is 11.1. The molecule has 0 bridgehead atoms. The number of hydrogen-bond donors (Lipinski definition) is 1. The first-order valence-electron chi connectivity index (χ1n) is 6.35. The molecule has 20 heavy (non-hydrogen) atoms. The Kier molecular flexibility index (Phi) is 4.49. The van der Waals surface area contributed by atoms with E-state index in [1.807, 2.05) is 11.8 Å². The number of anilines is 1. The summed E-state index contributed by atoms with van der Waals surface area (Å²) < 4.78 is 0. The van der Waals surface area contributed by atoms with Gasteiger partial charge in [0.05, 0.1) is 16.1 Å². The lowest BCUT2D eigenvalue weighted by atomic mass is 10.1. The van der Waals surface area contributed by atoms with Gasteiger partial charge in [0.15, 0.2) is 0 Å². The molecule has 0 aliphatic carbocycles. The van der Waals surface area contributed by atoms with E-state index in [1.165, 1.54) is 0 Å². The largest absolute Gasteiger partial charge is 0.478 e. The van der Waals surface area contributed by atoms with Crippen LogP contribution in [0.1, 0.15) is 22.3 Å². The highest BCUT2D eigenvalue weighted by Gasteiger charge is 2.22. The standard InChI is InChI=1S/C13H16N2O4S/c1-9-11(14-3-2-5-20-6-4-14)7-10(13(16)17)8-12(9)15(18)19/h7-8H,2-6H2,1H3,(H,16,17). The Balaban J connectivity index is 2.49. The first-order chi connectivity index (χ1) is 9.50. The number of rotatable bonds is 3. The summed E-state index contributed by atoms with van der Waals surface area (Å²) in [6, 6.07) is 2.67. The van der Waals surface area contributed by atoms with Crippen LogP contribution >= 0.6 is 11.8 Å². The molecule has 2 rings (SSSR count). The number of carboxylic acid groups (broad SMARTS) is 1. The van der Waals surface area contributed by atoms with Crippen molar-refractivity contribution in [2.75, 3.05) is 29.5 Å². The van der Waals surface area contributed by atoms with Gasteiger partial charge in [0.1, 0.15) is 0 Å². The third kappa shape index (κ3) is 3.04. The molecule has 0 unspecified atom stereocenters. The molecule has 0 spiro atoms. The van der Waals surface area contributed by atoms with Crippen LogP contribution in [-0.4, -0.2) is 40.6 Å². The van der Waals surface area contributed by atoms with Gasteiger partial charge in [-0.25, -0.2) is 4.79 Å². The quantitative estimate of drug-likeness (QED) is 0.681. The van der Waals surface area contributed by atoms with Crippen LogP contribution in [0, 0.1) is 17.0 Å². The summed E-state index contributed by atoms with van der Waals surface area (Å²) in [7, 11) is 0. The van der Waals surface area contributed by atoms with E-state index in [0.717, 1.165) is 37.1 Å². The summed E-state index contributed by atoms with van der Waals surface area (Å²) in [5.74, 6) is 0.874. The van der Waals surface area contributed by atoms with Gasteiger partial charge in [-0.2, -0.15) is 11.8 Å². The summed E-state index contributed by atoms with van der Waals surface area (Å²) in [6.45, 7) is 3.26. The fourth-order valence-corrected chi connectivity index (χ4v) is 3.20. The highest BCUT2D eigenvalue weighted by molar-refractivity contribution is 7.99. The lowest BCUT2D eigenvalue weighted by molar-refractivity contribution is -0.385. The molecule has 1 aliphatic heterocycles. The number of carboxylic acids is 1. The first-order valence-corrected chi connectivity index (χ1v) is 7.51. The minimum absolute atomic E-state index is 0.0331. The summed E-state index contributed by atoms with van der Waals surface area (Å²) in [4.78, 5) is 23.8. The van der Waals surface area contributed by atoms with Crippen molar-refractivity contribution in [2.45, 2.75) is 13.3 Å². The van der Waals surface area contributed by atoms with Crippen molar-refractivity contribution < 1.29 is 14.8 Å². The number of nitrogens with zero attached hydrogens (tertiary/aromatic N) is 2. The molecule has 1 N–H and O–H groups in total. The topological polar surface area (TPSA) is 83.7 Å². The van der Waals surface area contributed by atoms with Crippen LogP contribution in [0.25, 0.3) is 0 Å². The van der Waals surface area contributed by atoms with E-state index >= 15 is 0 Å². The van der Waals surface area contributed by atoms with Crippen LogP contribution in [-0.2, 0) is 0 Å². The Hall–Kier alpha value is -1.76. The Labute approximate surface area is 120 Å². The van der Waals surface area contributed by atoms with Crippen molar-refractivity contribution >= 4 is 29.1 Å². The zero-order valence-electron chi connectivity index (χ0n) is 11.2. The van der Waals surface area contributed by atoms with E-state index in [9.17, 15) is 14.9 Å². The summed E-state index contributed by atoms with van der Waals surface area (Å²) in [6.07, 6.45) is 0.995. The molecule has 0 atom stereocenters. The molecule has 0 saturated carbocycles. The van der Waals surface area contributed by atoms with Gasteiger partial charge in [-0.3, -0.25) is 10.1 Å². The van der Waals surface area contributed by atoms with E-state index in [4.69, 9.17) is 5.11 Å². The van der Waals surface area contributed by atoms with E-state index in [0.29, 0.717) is 11.3 Å². The second kappa shape index (κ2) is 6.13. The zero-order chi connectivity index (χ0) is 14.7. The maximum Gasteiger partial charge on any atom is 0.336 e. The third-order valence-corrected chi connectivity index (χ3v) is 4.41. The van der Waals surface area contributed by atoms with Crippen molar-refractivity contribution in [3.63, 3.8) is 0 Å². The van der Waals surface area contributed by atoms with Crippen LogP contribution in [0.15, 0.2) is 12.1 Å². The summed E-state index contributed by atoms with van der Waals surface area (Å²) in [5, 5.41) is 20.2. The molecule has 0 aromatic heterocycles. The molecule has 0 amide bonds. The van der Waals surface area contributed by atoms with Gasteiger partial charge in [-0.05, 0) is 25.2 Å². The van der Waals surface area contributed by atoms with E-state index in [2.05, 4.69) is 4.90 Å². The number of nitro groups is 1. The molecule has 1 aromatic rings. The average molecular weight is 296 g/mol. The molecule has 6 nitrogen and oxygen atoms in total. The van der Waals surface area contributed by atoms with Gasteiger partial charge < -0.3 is 10.0 Å². The third-order valence-electron chi connectivity index (χ3n) is 3.36. The monoisotopic (exact) mass is 296 g/mol. The predicted molar refractivity (Wildman–Crippen MR) is 78.9 cm³/mol. The van der Waals surface area contributed by atoms with Crippen molar-refractivity contribution in [1.29, 1.82) is 0 Å². The lowest BCUT2D eigenvalue weighted by Gasteiger charge is -2.24. The molecule has 1 aromatic carbocycles. The van der Waals surface area contributed by atoms with Gasteiger partial charge in [0.25, 0.3) is 5.69 Å². The van der Waals surface area contributed by atoms with Crippen molar-refractivity contribution in [2.24, 2.45) is 0 Å². The fourth-order valence-electron chi connectivity index (χ4n) is 2.31. The van der Waals surface area contributed by atoms with Crippen LogP contribution in [0.3, 0.4) is 0 Å². The van der Waals surface area contributed by atoms with E-state index < -0.39 is 10.9 Å². The zero-order valence-corrected chi connectivity index (χ0v) is 12.0. The van der Waals surface area contributed by atoms with Crippen LogP contribution in [0.5, 0.6) is 0 Å². The number of carbonyl (C=O) groups is 1. The van der Waals surface area contributed by atoms with Gasteiger partial charge >= 0.3 is 5.97 Å². The van der Waals surface area contributed by atoms with E-state index in [1.54, 1.807) is 13.0 Å². The lowest BCUT2D eigenvalue weighted by Crippen LogP contribution is -2.26. The van der Waals surface area contributed by atoms with Crippen LogP contribution in [0.2, 0.25) is 0 Å². The minimum atomic E-state index is -1.14. The van der Waals surface area contributed by atoms with Crippen LogP contribution in [0.4, 0.5) is 11.4 Å². The summed E-state index contributed by atoms with van der Waals surface area (Å²) in [5.41, 5.74) is 1.04. The Morgan fingerprint density at radius 1 is 1.40 bits per heavy atom. The maximum absolute atomic E-state index is 11.1. The molecular formula is C13H16N2O4S. The van der Waals surface area contributed by atoms with Gasteiger partial charge in [-0.15, -0.1) is 0 Å². The molecule has 108 valence electrons. The Morgan fingerprint density at radius 2 is 2.15 bits per heavy atom. The SMILES string of the molecule is Cc1c(N2CCCSCC2)cc(C(=O)O)cc1[N+](=O)[O-]. The van der Waals surface area contributed by atoms with Gasteiger partial charge in [0, 0.05) is 30.6 Å². The first kappa shape index (κ1) is 14.6. The molecule has 1 aliphatic rings. The van der Waals surface area contributed by atoms with Gasteiger partial charge in [-0.1, -0.05) is 0 Å². The number of thioether (sulfide) groups is 1. The predicted octanol–water partition coefficient (Wildman–Crippen LogP) is 2.54. The van der Waals surface area contributed by atoms with Crippen molar-refractivity contribution in [3.8, 4) is 0 Å². The number of aromatic carboxylic acids is 1. The highest BCUT2D eigenvalue weighted by atomic mass is 32.2. The highest BCUT2D eigenvalue weighted by Crippen LogP contribution is 2.31. The van der Waals surface area contributed by atoms with Crippen LogP contribution < -0.4 is 4.90 Å².